The predicted octanol–water partition coefficient (Wildman–Crippen LogP) is 0.683. The predicted molar refractivity (Wildman–Crippen MR) is 60.3 cm³/mol. The molecule has 0 bridgehead atoms. The fourth-order valence-electron chi connectivity index (χ4n) is 1.58. The molecule has 1 aromatic carbocycles. The number of fused-ring (bicyclic) bond motifs is 1. The average Bonchev–Trinajstić information content (AvgIpc) is 2.72. The van der Waals surface area contributed by atoms with Crippen LogP contribution in [0.3, 0.4) is 0 Å². The van der Waals surface area contributed by atoms with Crippen LogP contribution >= 0.6 is 0 Å². The lowest BCUT2D eigenvalue weighted by molar-refractivity contribution is -0.123. The zero-order valence-electron chi connectivity index (χ0n) is 8.86. The summed E-state index contributed by atoms with van der Waals surface area (Å²) in [7, 11) is 1.61. The molecular formula is C11H13N3O2. The van der Waals surface area contributed by atoms with E-state index >= 15 is 0 Å². The van der Waals surface area contributed by atoms with Gasteiger partial charge in [-0.25, -0.2) is 5.43 Å². The van der Waals surface area contributed by atoms with E-state index in [1.165, 1.54) is 6.26 Å². The quantitative estimate of drug-likeness (QED) is 0.663. The van der Waals surface area contributed by atoms with E-state index in [1.54, 1.807) is 7.05 Å². The molecule has 0 fully saturated rings. The molecule has 5 nitrogen and oxygen atoms in total. The molecule has 1 atom stereocenters. The van der Waals surface area contributed by atoms with Gasteiger partial charge < -0.3 is 10.2 Å². The summed E-state index contributed by atoms with van der Waals surface area (Å²) >= 11 is 0. The molecule has 16 heavy (non-hydrogen) atoms. The molecule has 84 valence electrons. The molecule has 5 heteroatoms. The van der Waals surface area contributed by atoms with Gasteiger partial charge in [0.15, 0.2) is 0 Å². The second-order valence-corrected chi connectivity index (χ2v) is 3.40. The molecule has 1 unspecified atom stereocenters. The second-order valence-electron chi connectivity index (χ2n) is 3.40. The molecule has 1 aromatic heterocycles. The van der Waals surface area contributed by atoms with Crippen molar-refractivity contribution in [3.8, 4) is 0 Å². The summed E-state index contributed by atoms with van der Waals surface area (Å²) in [5, 5.41) is 0.862. The molecule has 0 aliphatic carbocycles. The number of furan rings is 1. The molecule has 0 saturated heterocycles. The maximum Gasteiger partial charge on any atom is 0.255 e. The third-order valence-corrected chi connectivity index (χ3v) is 2.38. The number of nitrogens with two attached hydrogens (primary N) is 1. The summed E-state index contributed by atoms with van der Waals surface area (Å²) in [5.41, 5.74) is 12.2. The third-order valence-electron chi connectivity index (χ3n) is 2.38. The smallest absolute Gasteiger partial charge is 0.255 e. The van der Waals surface area contributed by atoms with E-state index in [-0.39, 0.29) is 5.91 Å². The monoisotopic (exact) mass is 219 g/mol. The average molecular weight is 219 g/mol. The minimum atomic E-state index is -0.740. The topological polar surface area (TPSA) is 80.3 Å². The van der Waals surface area contributed by atoms with Gasteiger partial charge in [0.1, 0.15) is 11.6 Å². The number of hydrogen-bond donors (Lipinski definition) is 3. The lowest BCUT2D eigenvalue weighted by Crippen LogP contribution is -2.40. The first kappa shape index (κ1) is 10.7. The fourth-order valence-corrected chi connectivity index (χ4v) is 1.58. The fraction of sp³-hybridized carbons (Fsp3) is 0.182. The Hall–Kier alpha value is -1.85. The molecule has 0 radical (unpaired) electrons. The summed E-state index contributed by atoms with van der Waals surface area (Å²) in [6.07, 6.45) is 1.52. The van der Waals surface area contributed by atoms with Crippen molar-refractivity contribution in [1.29, 1.82) is 0 Å². The van der Waals surface area contributed by atoms with Crippen molar-refractivity contribution in [2.75, 3.05) is 7.05 Å². The number of carbonyl (C=O) groups is 1. The summed E-state index contributed by atoms with van der Waals surface area (Å²) in [6, 6.07) is 6.72. The Morgan fingerprint density at radius 1 is 1.44 bits per heavy atom. The standard InChI is InChI=1S/C11H13N3O2/c1-13-14-11(15)10(12)8-6-16-9-5-3-2-4-7(8)9/h2-6,10,13H,12H2,1H3,(H,14,15). The van der Waals surface area contributed by atoms with Crippen LogP contribution in [0.1, 0.15) is 11.6 Å². The van der Waals surface area contributed by atoms with Crippen LogP contribution in [-0.2, 0) is 4.79 Å². The third kappa shape index (κ3) is 1.78. The largest absolute Gasteiger partial charge is 0.464 e. The van der Waals surface area contributed by atoms with Crippen LogP contribution in [0.2, 0.25) is 0 Å². The van der Waals surface area contributed by atoms with Gasteiger partial charge in [0.2, 0.25) is 0 Å². The highest BCUT2D eigenvalue weighted by molar-refractivity contribution is 5.90. The Labute approximate surface area is 92.6 Å². The van der Waals surface area contributed by atoms with E-state index in [2.05, 4.69) is 10.9 Å². The van der Waals surface area contributed by atoms with Crippen molar-refractivity contribution in [3.63, 3.8) is 0 Å². The Morgan fingerprint density at radius 3 is 2.94 bits per heavy atom. The van der Waals surface area contributed by atoms with E-state index in [1.807, 2.05) is 24.3 Å². The van der Waals surface area contributed by atoms with Crippen molar-refractivity contribution in [2.24, 2.45) is 5.73 Å². The van der Waals surface area contributed by atoms with E-state index in [0.29, 0.717) is 5.56 Å². The van der Waals surface area contributed by atoms with Crippen molar-refractivity contribution in [1.82, 2.24) is 10.9 Å². The van der Waals surface area contributed by atoms with Gasteiger partial charge in [-0.1, -0.05) is 18.2 Å². The number of rotatable bonds is 3. The summed E-state index contributed by atoms with van der Waals surface area (Å²) in [5.74, 6) is -0.297. The molecule has 2 aromatic rings. The van der Waals surface area contributed by atoms with Crippen LogP contribution in [0.4, 0.5) is 0 Å². The van der Waals surface area contributed by atoms with Crippen LogP contribution < -0.4 is 16.6 Å². The van der Waals surface area contributed by atoms with Crippen molar-refractivity contribution < 1.29 is 9.21 Å². The van der Waals surface area contributed by atoms with Gasteiger partial charge in [-0.15, -0.1) is 0 Å². The Bertz CT molecular complexity index is 507. The highest BCUT2D eigenvalue weighted by Crippen LogP contribution is 2.24. The molecule has 1 amide bonds. The van der Waals surface area contributed by atoms with Gasteiger partial charge in [0.25, 0.3) is 5.91 Å². The van der Waals surface area contributed by atoms with E-state index in [9.17, 15) is 4.79 Å². The van der Waals surface area contributed by atoms with Crippen LogP contribution in [0, 0.1) is 0 Å². The first-order valence-corrected chi connectivity index (χ1v) is 4.92. The molecule has 0 aliphatic heterocycles. The van der Waals surface area contributed by atoms with Crippen LogP contribution in [-0.4, -0.2) is 13.0 Å². The molecular weight excluding hydrogens is 206 g/mol. The zero-order chi connectivity index (χ0) is 11.5. The van der Waals surface area contributed by atoms with Crippen LogP contribution in [0.5, 0.6) is 0 Å². The minimum Gasteiger partial charge on any atom is -0.464 e. The van der Waals surface area contributed by atoms with Gasteiger partial charge >= 0.3 is 0 Å². The lowest BCUT2D eigenvalue weighted by Gasteiger charge is -2.09. The number of carbonyl (C=O) groups excluding carboxylic acids is 1. The van der Waals surface area contributed by atoms with Crippen molar-refractivity contribution in [2.45, 2.75) is 6.04 Å². The van der Waals surface area contributed by atoms with Crippen LogP contribution in [0.15, 0.2) is 34.9 Å². The molecule has 0 spiro atoms. The summed E-state index contributed by atoms with van der Waals surface area (Å²) in [6.45, 7) is 0. The normalized spacial score (nSPS) is 12.6. The SMILES string of the molecule is CNNC(=O)C(N)c1coc2ccccc12. The van der Waals surface area contributed by atoms with Gasteiger partial charge in [-0.2, -0.15) is 0 Å². The van der Waals surface area contributed by atoms with E-state index in [0.717, 1.165) is 11.0 Å². The number of nitrogens with one attached hydrogen (secondary N) is 2. The minimum absolute atomic E-state index is 0.297. The first-order chi connectivity index (χ1) is 7.74. The number of hydrazine groups is 1. The van der Waals surface area contributed by atoms with Gasteiger partial charge in [-0.3, -0.25) is 10.2 Å². The van der Waals surface area contributed by atoms with E-state index < -0.39 is 6.04 Å². The number of hydrogen-bond acceptors (Lipinski definition) is 4. The molecule has 0 saturated carbocycles. The molecule has 1 heterocycles. The van der Waals surface area contributed by atoms with Crippen LogP contribution in [0.25, 0.3) is 11.0 Å². The highest BCUT2D eigenvalue weighted by atomic mass is 16.3. The first-order valence-electron chi connectivity index (χ1n) is 4.92. The van der Waals surface area contributed by atoms with Gasteiger partial charge in [0, 0.05) is 18.0 Å². The lowest BCUT2D eigenvalue weighted by atomic mass is 10.1. The summed E-state index contributed by atoms with van der Waals surface area (Å²) in [4.78, 5) is 11.5. The number of para-hydroxylation sites is 1. The number of benzene rings is 1. The Balaban J connectivity index is 2.36. The maximum atomic E-state index is 11.5. The maximum absolute atomic E-state index is 11.5. The number of amides is 1. The molecule has 4 N–H and O–H groups in total. The Kier molecular flexibility index (Phi) is 2.89. The van der Waals surface area contributed by atoms with Gasteiger partial charge in [-0.05, 0) is 6.07 Å². The van der Waals surface area contributed by atoms with Gasteiger partial charge in [0.05, 0.1) is 6.26 Å². The zero-order valence-corrected chi connectivity index (χ0v) is 8.86. The van der Waals surface area contributed by atoms with E-state index in [4.69, 9.17) is 10.2 Å². The molecule has 2 rings (SSSR count). The van der Waals surface area contributed by atoms with Crippen molar-refractivity contribution >= 4 is 16.9 Å². The van der Waals surface area contributed by atoms with Crippen molar-refractivity contribution in [3.05, 3.63) is 36.1 Å². The summed E-state index contributed by atoms with van der Waals surface area (Å²) < 4.78 is 5.32. The Morgan fingerprint density at radius 2 is 2.19 bits per heavy atom. The second kappa shape index (κ2) is 4.34. The molecule has 0 aliphatic rings. The highest BCUT2D eigenvalue weighted by Gasteiger charge is 2.19.